The van der Waals surface area contributed by atoms with Gasteiger partial charge in [0.1, 0.15) is 0 Å². The molecule has 0 aliphatic rings. The molecule has 60 valence electrons. The Hall–Kier alpha value is -1.27. The number of hydrogen-bond acceptors (Lipinski definition) is 2. The molecule has 0 amide bonds. The van der Waals surface area contributed by atoms with Gasteiger partial charge in [0.15, 0.2) is 0 Å². The van der Waals surface area contributed by atoms with Gasteiger partial charge in [-0.15, -0.1) is 0 Å². The highest BCUT2D eigenvalue weighted by molar-refractivity contribution is 9.10. The van der Waals surface area contributed by atoms with E-state index in [0.717, 1.165) is 10.0 Å². The van der Waals surface area contributed by atoms with Crippen LogP contribution in [-0.4, -0.2) is 0 Å². The van der Waals surface area contributed by atoms with Crippen molar-refractivity contribution in [3.8, 4) is 6.07 Å². The van der Waals surface area contributed by atoms with Crippen LogP contribution in [0.5, 0.6) is 0 Å². The van der Waals surface area contributed by atoms with E-state index in [9.17, 15) is 0 Å². The third kappa shape index (κ3) is 2.11. The molecule has 0 fully saturated rings. The highest BCUT2D eigenvalue weighted by Gasteiger charge is 1.93. The molecule has 3 heteroatoms. The predicted octanol–water partition coefficient (Wildman–Crippen LogP) is 2.57. The maximum atomic E-state index is 8.28. The molecule has 0 radical (unpaired) electrons. The number of halogens is 1. The number of rotatable bonds is 1. The zero-order valence-electron chi connectivity index (χ0n) is 6.29. The van der Waals surface area contributed by atoms with Crippen molar-refractivity contribution in [1.29, 1.82) is 5.26 Å². The van der Waals surface area contributed by atoms with Crippen LogP contribution in [0.4, 0.5) is 5.69 Å². The normalized spacial score (nSPS) is 10.0. The Balaban J connectivity index is 2.99. The zero-order valence-corrected chi connectivity index (χ0v) is 7.88. The van der Waals surface area contributed by atoms with Crippen LogP contribution < -0.4 is 5.73 Å². The molecule has 1 aromatic rings. The van der Waals surface area contributed by atoms with E-state index in [4.69, 9.17) is 11.0 Å². The van der Waals surface area contributed by atoms with Gasteiger partial charge in [0.25, 0.3) is 0 Å². The minimum Gasteiger partial charge on any atom is -0.398 e. The topological polar surface area (TPSA) is 49.8 Å². The first kappa shape index (κ1) is 8.82. The monoisotopic (exact) mass is 222 g/mol. The van der Waals surface area contributed by atoms with E-state index in [-0.39, 0.29) is 0 Å². The van der Waals surface area contributed by atoms with Crippen LogP contribution in [0.1, 0.15) is 5.56 Å². The third-order valence-corrected chi connectivity index (χ3v) is 2.06. The van der Waals surface area contributed by atoms with E-state index in [1.807, 2.05) is 18.2 Å². The average molecular weight is 223 g/mol. The van der Waals surface area contributed by atoms with Crippen LogP contribution in [0, 0.1) is 11.3 Å². The van der Waals surface area contributed by atoms with Crippen LogP contribution in [-0.2, 0) is 0 Å². The molecule has 0 aliphatic heterocycles. The van der Waals surface area contributed by atoms with Gasteiger partial charge in [-0.3, -0.25) is 0 Å². The second-order valence-electron chi connectivity index (χ2n) is 2.24. The van der Waals surface area contributed by atoms with E-state index in [2.05, 4.69) is 15.9 Å². The smallest absolute Gasteiger partial charge is 0.0912 e. The highest BCUT2D eigenvalue weighted by atomic mass is 79.9. The van der Waals surface area contributed by atoms with Crippen LogP contribution in [0.15, 0.2) is 28.7 Å². The van der Waals surface area contributed by atoms with Crippen molar-refractivity contribution in [3.63, 3.8) is 0 Å². The zero-order chi connectivity index (χ0) is 8.97. The van der Waals surface area contributed by atoms with Gasteiger partial charge < -0.3 is 5.73 Å². The molecular weight excluding hydrogens is 216 g/mol. The standard InChI is InChI=1S/C9H7BrN2/c10-8-6-7(2-1-5-11)3-4-9(8)12/h1-4,6H,12H2. The molecule has 0 saturated heterocycles. The van der Waals surface area contributed by atoms with Gasteiger partial charge in [-0.2, -0.15) is 5.26 Å². The fourth-order valence-corrected chi connectivity index (χ4v) is 1.18. The minimum atomic E-state index is 0.698. The summed E-state index contributed by atoms with van der Waals surface area (Å²) in [5, 5.41) is 8.28. The number of benzene rings is 1. The summed E-state index contributed by atoms with van der Waals surface area (Å²) >= 11 is 3.30. The van der Waals surface area contributed by atoms with Crippen molar-refractivity contribution in [3.05, 3.63) is 34.3 Å². The summed E-state index contributed by atoms with van der Waals surface area (Å²) in [6.45, 7) is 0. The van der Waals surface area contributed by atoms with Crippen LogP contribution >= 0.6 is 15.9 Å². The quantitative estimate of drug-likeness (QED) is 0.587. The summed E-state index contributed by atoms with van der Waals surface area (Å²) in [5.41, 5.74) is 7.24. The molecule has 0 atom stereocenters. The summed E-state index contributed by atoms with van der Waals surface area (Å²) in [6, 6.07) is 7.44. The summed E-state index contributed by atoms with van der Waals surface area (Å²) in [4.78, 5) is 0. The predicted molar refractivity (Wildman–Crippen MR) is 53.2 cm³/mol. The Morgan fingerprint density at radius 3 is 2.83 bits per heavy atom. The Kier molecular flexibility index (Phi) is 2.89. The lowest BCUT2D eigenvalue weighted by molar-refractivity contribution is 1.53. The van der Waals surface area contributed by atoms with E-state index in [0.29, 0.717) is 5.69 Å². The molecule has 2 nitrogen and oxygen atoms in total. The fraction of sp³-hybridized carbons (Fsp3) is 0. The molecular formula is C9H7BrN2. The van der Waals surface area contributed by atoms with E-state index in [1.54, 1.807) is 12.1 Å². The van der Waals surface area contributed by atoms with Crippen LogP contribution in [0.3, 0.4) is 0 Å². The number of hydrogen-bond donors (Lipinski definition) is 1. The number of anilines is 1. The molecule has 0 heterocycles. The van der Waals surface area contributed by atoms with Gasteiger partial charge >= 0.3 is 0 Å². The Morgan fingerprint density at radius 1 is 1.50 bits per heavy atom. The maximum absolute atomic E-state index is 8.28. The Bertz CT molecular complexity index is 350. The van der Waals surface area contributed by atoms with Gasteiger partial charge in [0.2, 0.25) is 0 Å². The molecule has 0 unspecified atom stereocenters. The van der Waals surface area contributed by atoms with Gasteiger partial charge in [-0.25, -0.2) is 0 Å². The van der Waals surface area contributed by atoms with E-state index in [1.165, 1.54) is 6.08 Å². The number of nitriles is 1. The maximum Gasteiger partial charge on any atom is 0.0912 e. The van der Waals surface area contributed by atoms with Crippen molar-refractivity contribution in [2.75, 3.05) is 5.73 Å². The highest BCUT2D eigenvalue weighted by Crippen LogP contribution is 2.20. The molecule has 12 heavy (non-hydrogen) atoms. The van der Waals surface area contributed by atoms with Crippen molar-refractivity contribution in [2.45, 2.75) is 0 Å². The minimum absolute atomic E-state index is 0.698. The van der Waals surface area contributed by atoms with Crippen molar-refractivity contribution < 1.29 is 0 Å². The van der Waals surface area contributed by atoms with Crippen LogP contribution in [0.2, 0.25) is 0 Å². The summed E-state index contributed by atoms with van der Waals surface area (Å²) in [5.74, 6) is 0. The van der Waals surface area contributed by atoms with Crippen molar-refractivity contribution in [1.82, 2.24) is 0 Å². The second-order valence-corrected chi connectivity index (χ2v) is 3.10. The van der Waals surface area contributed by atoms with Gasteiger partial charge in [0.05, 0.1) is 6.07 Å². The molecule has 1 rings (SSSR count). The van der Waals surface area contributed by atoms with Crippen molar-refractivity contribution in [2.24, 2.45) is 0 Å². The first-order valence-electron chi connectivity index (χ1n) is 3.35. The molecule has 0 saturated carbocycles. The first-order valence-corrected chi connectivity index (χ1v) is 4.14. The van der Waals surface area contributed by atoms with Gasteiger partial charge in [0, 0.05) is 16.2 Å². The number of nitrogens with two attached hydrogens (primary N) is 1. The molecule has 0 aliphatic carbocycles. The van der Waals surface area contributed by atoms with Gasteiger partial charge in [-0.05, 0) is 39.7 Å². The first-order chi connectivity index (χ1) is 5.74. The number of nitrogen functional groups attached to an aromatic ring is 1. The number of allylic oxidation sites excluding steroid dienone is 1. The third-order valence-electron chi connectivity index (χ3n) is 1.37. The number of nitrogens with zero attached hydrogens (tertiary/aromatic N) is 1. The molecule has 2 N–H and O–H groups in total. The van der Waals surface area contributed by atoms with E-state index < -0.39 is 0 Å². The van der Waals surface area contributed by atoms with E-state index >= 15 is 0 Å². The summed E-state index contributed by atoms with van der Waals surface area (Å²) in [7, 11) is 0. The Morgan fingerprint density at radius 2 is 2.25 bits per heavy atom. The molecule has 1 aromatic carbocycles. The fourth-order valence-electron chi connectivity index (χ4n) is 0.781. The Labute approximate surface area is 79.4 Å². The summed E-state index contributed by atoms with van der Waals surface area (Å²) in [6.07, 6.45) is 3.15. The lowest BCUT2D eigenvalue weighted by Crippen LogP contribution is -1.85. The molecule has 0 spiro atoms. The average Bonchev–Trinajstić information content (AvgIpc) is 2.07. The second kappa shape index (κ2) is 3.93. The SMILES string of the molecule is N#CC=Cc1ccc(N)c(Br)c1. The summed E-state index contributed by atoms with van der Waals surface area (Å²) < 4.78 is 0.850. The molecule has 0 bridgehead atoms. The lowest BCUT2D eigenvalue weighted by Gasteiger charge is -1.97. The van der Waals surface area contributed by atoms with Crippen LogP contribution in [0.25, 0.3) is 6.08 Å². The lowest BCUT2D eigenvalue weighted by atomic mass is 10.2. The largest absolute Gasteiger partial charge is 0.398 e. The van der Waals surface area contributed by atoms with Gasteiger partial charge in [-0.1, -0.05) is 6.07 Å². The molecule has 0 aromatic heterocycles. The van der Waals surface area contributed by atoms with Crippen molar-refractivity contribution >= 4 is 27.7 Å².